The molecule has 0 aromatic carbocycles. The van der Waals surface area contributed by atoms with Gasteiger partial charge in [-0.2, -0.15) is 5.10 Å². The van der Waals surface area contributed by atoms with Gasteiger partial charge < -0.3 is 15.5 Å². The van der Waals surface area contributed by atoms with E-state index in [9.17, 15) is 9.59 Å². The molecule has 0 saturated carbocycles. The molecule has 0 radical (unpaired) electrons. The zero-order chi connectivity index (χ0) is 17.5. The summed E-state index contributed by atoms with van der Waals surface area (Å²) in [5.74, 6) is 0.127. The van der Waals surface area contributed by atoms with E-state index in [1.54, 1.807) is 10.9 Å². The molecule has 2 aliphatic rings. The van der Waals surface area contributed by atoms with E-state index in [2.05, 4.69) is 15.7 Å². The first-order valence-electron chi connectivity index (χ1n) is 9.49. The second kappa shape index (κ2) is 9.92. The van der Waals surface area contributed by atoms with Gasteiger partial charge in [0.25, 0.3) is 0 Å². The number of nitrogens with zero attached hydrogens (tertiary/aromatic N) is 3. The second-order valence-corrected chi connectivity index (χ2v) is 7.03. The number of piperidine rings is 1. The maximum absolute atomic E-state index is 12.9. The number of amides is 2. The van der Waals surface area contributed by atoms with Crippen molar-refractivity contribution in [2.24, 2.45) is 0 Å². The first-order chi connectivity index (χ1) is 12.2. The third-order valence-corrected chi connectivity index (χ3v) is 5.38. The zero-order valence-corrected chi connectivity index (χ0v) is 16.1. The van der Waals surface area contributed by atoms with Crippen LogP contribution in [0.4, 0.5) is 0 Å². The number of aromatic nitrogens is 2. The van der Waals surface area contributed by atoms with E-state index in [-0.39, 0.29) is 24.2 Å². The molecular weight excluding hydrogens is 354 g/mol. The lowest BCUT2D eigenvalue weighted by atomic mass is 9.87. The van der Waals surface area contributed by atoms with Gasteiger partial charge in [-0.25, -0.2) is 0 Å². The zero-order valence-electron chi connectivity index (χ0n) is 15.3. The largest absolute Gasteiger partial charge is 0.353 e. The fraction of sp³-hybridized carbons (Fsp3) is 0.722. The summed E-state index contributed by atoms with van der Waals surface area (Å²) < 4.78 is 1.78. The Bertz CT molecular complexity index is 564. The highest BCUT2D eigenvalue weighted by atomic mass is 35.5. The molecule has 1 aromatic heterocycles. The van der Waals surface area contributed by atoms with E-state index in [1.807, 2.05) is 17.2 Å². The minimum absolute atomic E-state index is 0. The third kappa shape index (κ3) is 4.76. The summed E-state index contributed by atoms with van der Waals surface area (Å²) in [5.41, 5.74) is -0.638. The van der Waals surface area contributed by atoms with Crippen molar-refractivity contribution in [3.63, 3.8) is 0 Å². The Hall–Kier alpha value is -1.60. The van der Waals surface area contributed by atoms with E-state index < -0.39 is 5.54 Å². The molecule has 0 bridgehead atoms. The maximum Gasteiger partial charge on any atom is 0.248 e. The fourth-order valence-corrected chi connectivity index (χ4v) is 3.85. The van der Waals surface area contributed by atoms with Crippen LogP contribution in [0.2, 0.25) is 0 Å². The van der Waals surface area contributed by atoms with Crippen molar-refractivity contribution in [2.45, 2.75) is 50.5 Å². The predicted octanol–water partition coefficient (Wildman–Crippen LogP) is 1.29. The smallest absolute Gasteiger partial charge is 0.248 e. The van der Waals surface area contributed by atoms with Crippen molar-refractivity contribution in [2.75, 3.05) is 32.7 Å². The lowest BCUT2D eigenvalue weighted by Crippen LogP contribution is -2.55. The molecule has 0 spiro atoms. The Balaban J connectivity index is 0.00000243. The topological polar surface area (TPSA) is 79.3 Å². The summed E-state index contributed by atoms with van der Waals surface area (Å²) in [6.07, 6.45) is 9.95. The van der Waals surface area contributed by atoms with Gasteiger partial charge in [0, 0.05) is 38.4 Å². The number of carbonyl (C=O) groups excluding carboxylic acids is 2. The van der Waals surface area contributed by atoms with Gasteiger partial charge in [-0.1, -0.05) is 12.8 Å². The van der Waals surface area contributed by atoms with Crippen LogP contribution in [0.25, 0.3) is 0 Å². The van der Waals surface area contributed by atoms with E-state index in [4.69, 9.17) is 0 Å². The Morgan fingerprint density at radius 2 is 1.81 bits per heavy atom. The van der Waals surface area contributed by atoms with Gasteiger partial charge in [0.05, 0.1) is 0 Å². The molecule has 7 nitrogen and oxygen atoms in total. The van der Waals surface area contributed by atoms with Crippen LogP contribution >= 0.6 is 12.4 Å². The molecule has 8 heteroatoms. The van der Waals surface area contributed by atoms with Crippen molar-refractivity contribution in [3.05, 3.63) is 18.5 Å². The fourth-order valence-electron chi connectivity index (χ4n) is 3.85. The normalized spacial score (nSPS) is 19.9. The molecular formula is C18H30ClN5O2. The average molecular weight is 384 g/mol. The van der Waals surface area contributed by atoms with Gasteiger partial charge in [0.15, 0.2) is 0 Å². The van der Waals surface area contributed by atoms with Crippen molar-refractivity contribution in [1.82, 2.24) is 25.3 Å². The first-order valence-corrected chi connectivity index (χ1v) is 9.49. The number of nitrogens with one attached hydrogen (secondary N) is 2. The van der Waals surface area contributed by atoms with Crippen molar-refractivity contribution < 1.29 is 9.59 Å². The lowest BCUT2D eigenvalue weighted by Gasteiger charge is -2.36. The van der Waals surface area contributed by atoms with Crippen LogP contribution in [-0.2, 0) is 15.1 Å². The second-order valence-electron chi connectivity index (χ2n) is 7.03. The quantitative estimate of drug-likeness (QED) is 0.803. The number of hydrogen-bond donors (Lipinski definition) is 2. The molecule has 2 aliphatic heterocycles. The summed E-state index contributed by atoms with van der Waals surface area (Å²) in [7, 11) is 0. The van der Waals surface area contributed by atoms with Gasteiger partial charge in [0.2, 0.25) is 11.8 Å². The molecule has 2 saturated heterocycles. The van der Waals surface area contributed by atoms with Crippen LogP contribution in [0, 0.1) is 0 Å². The molecule has 3 rings (SSSR count). The molecule has 2 fully saturated rings. The highest BCUT2D eigenvalue weighted by Gasteiger charge is 2.41. The Morgan fingerprint density at radius 1 is 1.12 bits per heavy atom. The summed E-state index contributed by atoms with van der Waals surface area (Å²) in [5, 5.41) is 10.6. The summed E-state index contributed by atoms with van der Waals surface area (Å²) in [6, 6.07) is 1.85. The maximum atomic E-state index is 12.9. The molecule has 0 aliphatic carbocycles. The van der Waals surface area contributed by atoms with E-state index in [0.29, 0.717) is 25.8 Å². The summed E-state index contributed by atoms with van der Waals surface area (Å²) in [4.78, 5) is 27.2. The van der Waals surface area contributed by atoms with Crippen LogP contribution < -0.4 is 10.6 Å². The highest BCUT2D eigenvalue weighted by Crippen LogP contribution is 2.27. The van der Waals surface area contributed by atoms with E-state index >= 15 is 0 Å². The standard InChI is InChI=1S/C18H29N5O2.ClH/c24-16(22-13-3-1-2-4-14-22)6-10-20-17(25)18(7-11-19-12-8-18)23-15-5-9-21-23;/h5,9,15,19H,1-4,6-8,10-14H2,(H,20,25);1H. The molecule has 2 N–H and O–H groups in total. The molecule has 0 atom stereocenters. The van der Waals surface area contributed by atoms with Gasteiger partial charge in [-0.3, -0.25) is 14.3 Å². The molecule has 0 unspecified atom stereocenters. The Kier molecular flexibility index (Phi) is 7.90. The van der Waals surface area contributed by atoms with E-state index in [1.165, 1.54) is 12.8 Å². The first kappa shape index (κ1) is 20.7. The Morgan fingerprint density at radius 3 is 2.42 bits per heavy atom. The number of hydrogen-bond acceptors (Lipinski definition) is 4. The van der Waals surface area contributed by atoms with Gasteiger partial charge in [-0.15, -0.1) is 12.4 Å². The molecule has 26 heavy (non-hydrogen) atoms. The van der Waals surface area contributed by atoms with Crippen LogP contribution in [0.15, 0.2) is 18.5 Å². The number of rotatable bonds is 5. The van der Waals surface area contributed by atoms with Crippen LogP contribution in [0.3, 0.4) is 0 Å². The molecule has 1 aromatic rings. The molecule has 3 heterocycles. The number of halogens is 1. The van der Waals surface area contributed by atoms with Gasteiger partial charge in [0.1, 0.15) is 5.54 Å². The number of carbonyl (C=O) groups is 2. The van der Waals surface area contributed by atoms with Crippen LogP contribution in [0.5, 0.6) is 0 Å². The van der Waals surface area contributed by atoms with Crippen molar-refractivity contribution in [1.29, 1.82) is 0 Å². The molecule has 146 valence electrons. The monoisotopic (exact) mass is 383 g/mol. The van der Waals surface area contributed by atoms with Gasteiger partial charge in [-0.05, 0) is 44.8 Å². The van der Waals surface area contributed by atoms with E-state index in [0.717, 1.165) is 39.0 Å². The third-order valence-electron chi connectivity index (χ3n) is 5.38. The van der Waals surface area contributed by atoms with Crippen LogP contribution in [0.1, 0.15) is 44.9 Å². The summed E-state index contributed by atoms with van der Waals surface area (Å²) in [6.45, 7) is 3.69. The minimum Gasteiger partial charge on any atom is -0.353 e. The SMILES string of the molecule is Cl.O=C(CCNC(=O)C1(n2cccn2)CCNCC1)N1CCCCCC1. The van der Waals surface area contributed by atoms with Crippen molar-refractivity contribution in [3.8, 4) is 0 Å². The predicted molar refractivity (Wildman–Crippen MR) is 102 cm³/mol. The highest BCUT2D eigenvalue weighted by molar-refractivity contribution is 5.85. The minimum atomic E-state index is -0.638. The molecule has 2 amide bonds. The van der Waals surface area contributed by atoms with Gasteiger partial charge >= 0.3 is 0 Å². The lowest BCUT2D eigenvalue weighted by molar-refractivity contribution is -0.133. The number of likely N-dealkylation sites (tertiary alicyclic amines) is 1. The van der Waals surface area contributed by atoms with Crippen LogP contribution in [-0.4, -0.2) is 59.2 Å². The Labute approximate surface area is 161 Å². The summed E-state index contributed by atoms with van der Waals surface area (Å²) >= 11 is 0. The van der Waals surface area contributed by atoms with Crippen molar-refractivity contribution >= 4 is 24.2 Å². The average Bonchev–Trinajstić information content (AvgIpc) is 3.05.